The Kier molecular flexibility index (Phi) is 13.5. The average Bonchev–Trinajstić information content (AvgIpc) is 3.81. The number of imide groups is 2. The maximum Gasteiger partial charge on any atom is 0.266 e. The van der Waals surface area contributed by atoms with Gasteiger partial charge in [-0.3, -0.25) is 39.5 Å². The first kappa shape index (κ1) is 41.7. The highest BCUT2D eigenvalue weighted by molar-refractivity contribution is 7.15. The molecule has 4 aromatic rings. The summed E-state index contributed by atoms with van der Waals surface area (Å²) >= 11 is 1.66. The first-order valence-corrected chi connectivity index (χ1v) is 21.3. The van der Waals surface area contributed by atoms with Crippen LogP contribution < -0.4 is 31.3 Å². The molecule has 0 aliphatic carbocycles. The van der Waals surface area contributed by atoms with Gasteiger partial charge in [-0.2, -0.15) is 0 Å². The van der Waals surface area contributed by atoms with E-state index in [0.29, 0.717) is 37.6 Å². The van der Waals surface area contributed by atoms with Crippen molar-refractivity contribution in [2.75, 3.05) is 25.0 Å². The van der Waals surface area contributed by atoms with Crippen molar-refractivity contribution in [1.29, 1.82) is 0 Å². The van der Waals surface area contributed by atoms with E-state index < -0.39 is 35.9 Å². The van der Waals surface area contributed by atoms with E-state index in [1.165, 1.54) is 6.07 Å². The van der Waals surface area contributed by atoms with Gasteiger partial charge in [0.15, 0.2) is 0 Å². The number of anilines is 1. The highest BCUT2D eigenvalue weighted by Gasteiger charge is 2.46. The number of hydrogen-bond donors (Lipinski definition) is 6. The number of carbonyl (C=O) groups is 5. The van der Waals surface area contributed by atoms with E-state index in [2.05, 4.69) is 50.8 Å². The molecule has 4 heterocycles. The lowest BCUT2D eigenvalue weighted by Gasteiger charge is -2.27. The third-order valence-corrected chi connectivity index (χ3v) is 12.3. The number of fused-ring (bicyclic) bond motifs is 1. The van der Waals surface area contributed by atoms with Crippen molar-refractivity contribution in [2.24, 2.45) is 0 Å². The van der Waals surface area contributed by atoms with Gasteiger partial charge in [0.1, 0.15) is 18.0 Å². The molecule has 2 unspecified atom stereocenters. The van der Waals surface area contributed by atoms with Crippen LogP contribution in [0.3, 0.4) is 0 Å². The summed E-state index contributed by atoms with van der Waals surface area (Å²) in [5, 5.41) is 26.3. The number of aliphatic hydroxyl groups is 1. The summed E-state index contributed by atoms with van der Waals surface area (Å²) in [6, 6.07) is 22.4. The molecule has 0 bridgehead atoms. The predicted molar refractivity (Wildman–Crippen MR) is 226 cm³/mol. The van der Waals surface area contributed by atoms with Gasteiger partial charge in [-0.15, -0.1) is 11.3 Å². The molecule has 0 spiro atoms. The molecule has 0 saturated carbocycles. The van der Waals surface area contributed by atoms with Crippen molar-refractivity contribution in [1.82, 2.24) is 26.2 Å². The molecule has 5 amide bonds. The summed E-state index contributed by atoms with van der Waals surface area (Å²) in [6.45, 7) is 6.80. The number of nitrogens with zero attached hydrogens (tertiary/aromatic N) is 1. The molecule has 2 saturated heterocycles. The van der Waals surface area contributed by atoms with E-state index in [1.807, 2.05) is 44.2 Å². The van der Waals surface area contributed by atoms with Crippen LogP contribution in [0.15, 0.2) is 72.8 Å². The number of unbranched alkanes of at least 4 members (excludes halogenated alkanes) is 2. The first-order valence-electron chi connectivity index (χ1n) is 20.5. The standard InChI is InChI=1S/C45H52N6O7S/c1-27-13-14-32(49-31-19-21-46-22-20-31)25-35(27)42(54)48-28(2)29-8-6-9-30(24-29)38-17-15-33(59-38)26-47-39(52)12-4-3-5-23-58-37-11-7-10-34-41(37)45(57)51(44(34)56)36-16-18-40(53)50-43(36)55/h6-11,13-15,17,24-25,28,31,36,39,46-47,49,52H,3-5,12,16,18-23,26H2,1-2H3,(H,48,54)(H,50,53,55)/t28-,36?,39?/m1/s1. The first-order chi connectivity index (χ1) is 28.5. The number of nitrogens with one attached hydrogen (secondary N) is 5. The quantitative estimate of drug-likeness (QED) is 0.0432. The number of rotatable bonds is 17. The van der Waals surface area contributed by atoms with Crippen LogP contribution in [0.4, 0.5) is 5.69 Å². The molecule has 3 aromatic carbocycles. The number of thiophene rings is 1. The van der Waals surface area contributed by atoms with Gasteiger partial charge in [0.25, 0.3) is 17.7 Å². The van der Waals surface area contributed by atoms with Crippen LogP contribution in [0, 0.1) is 6.92 Å². The third-order valence-electron chi connectivity index (χ3n) is 11.2. The Balaban J connectivity index is 0.833. The SMILES string of the molecule is Cc1ccc(NC2CCNCC2)cc1C(=O)N[C@H](C)c1cccc(-c2ccc(CNC(O)CCCCCOc3cccc4c3C(=O)N(C3CCC(=O)NC3=O)C4=O)s2)c1. The second-order valence-corrected chi connectivity index (χ2v) is 16.7. The maximum absolute atomic E-state index is 13.4. The largest absolute Gasteiger partial charge is 0.493 e. The topological polar surface area (TPSA) is 178 Å². The normalized spacial score (nSPS) is 18.0. The highest BCUT2D eigenvalue weighted by atomic mass is 32.1. The number of benzene rings is 3. The number of piperidine rings is 2. The molecule has 2 fully saturated rings. The number of hydrogen-bond acceptors (Lipinski definition) is 11. The smallest absolute Gasteiger partial charge is 0.266 e. The molecule has 14 heteroatoms. The second kappa shape index (κ2) is 19.1. The van der Waals surface area contributed by atoms with Crippen LogP contribution in [0.25, 0.3) is 10.4 Å². The Hall–Kier alpha value is -5.41. The van der Waals surface area contributed by atoms with Crippen molar-refractivity contribution in [3.8, 4) is 16.2 Å². The molecule has 1 aromatic heterocycles. The highest BCUT2D eigenvalue weighted by Crippen LogP contribution is 2.34. The number of amides is 5. The van der Waals surface area contributed by atoms with Gasteiger partial charge in [-0.1, -0.05) is 30.3 Å². The lowest BCUT2D eigenvalue weighted by atomic mass is 10.0. The van der Waals surface area contributed by atoms with E-state index in [4.69, 9.17) is 4.74 Å². The summed E-state index contributed by atoms with van der Waals surface area (Å²) in [5.74, 6) is -2.06. The van der Waals surface area contributed by atoms with Crippen LogP contribution in [0.5, 0.6) is 5.75 Å². The predicted octanol–water partition coefficient (Wildman–Crippen LogP) is 5.83. The molecular weight excluding hydrogens is 769 g/mol. The summed E-state index contributed by atoms with van der Waals surface area (Å²) in [5.41, 5.74) is 4.97. The zero-order valence-electron chi connectivity index (χ0n) is 33.5. The fraction of sp³-hybridized carbons (Fsp3) is 0.400. The van der Waals surface area contributed by atoms with E-state index in [0.717, 1.165) is 75.8 Å². The van der Waals surface area contributed by atoms with E-state index in [1.54, 1.807) is 23.5 Å². The molecule has 7 rings (SSSR count). The lowest BCUT2D eigenvalue weighted by molar-refractivity contribution is -0.136. The van der Waals surface area contributed by atoms with Gasteiger partial charge < -0.3 is 25.8 Å². The van der Waals surface area contributed by atoms with Crippen LogP contribution in [-0.4, -0.2) is 77.6 Å². The van der Waals surface area contributed by atoms with E-state index in [9.17, 15) is 29.1 Å². The number of ether oxygens (including phenoxy) is 1. The Morgan fingerprint density at radius 2 is 1.76 bits per heavy atom. The number of aryl methyl sites for hydroxylation is 1. The molecule has 3 aliphatic heterocycles. The third kappa shape index (κ3) is 10.1. The van der Waals surface area contributed by atoms with Crippen molar-refractivity contribution in [3.05, 3.63) is 105 Å². The fourth-order valence-electron chi connectivity index (χ4n) is 7.83. The molecule has 6 N–H and O–H groups in total. The Labute approximate surface area is 348 Å². The summed E-state index contributed by atoms with van der Waals surface area (Å²) < 4.78 is 5.93. The van der Waals surface area contributed by atoms with Crippen molar-refractivity contribution in [2.45, 2.75) is 96.1 Å². The molecule has 13 nitrogen and oxygen atoms in total. The Bertz CT molecular complexity index is 2200. The molecule has 3 aliphatic rings. The average molecular weight is 821 g/mol. The summed E-state index contributed by atoms with van der Waals surface area (Å²) in [4.78, 5) is 66.9. The number of carbonyl (C=O) groups excluding carboxylic acids is 5. The second-order valence-electron chi connectivity index (χ2n) is 15.5. The van der Waals surface area contributed by atoms with Gasteiger partial charge in [-0.25, -0.2) is 0 Å². The number of aliphatic hydroxyl groups excluding tert-OH is 1. The minimum Gasteiger partial charge on any atom is -0.493 e. The Morgan fingerprint density at radius 3 is 2.58 bits per heavy atom. The van der Waals surface area contributed by atoms with Crippen molar-refractivity contribution in [3.63, 3.8) is 0 Å². The molecule has 0 radical (unpaired) electrons. The monoisotopic (exact) mass is 820 g/mol. The van der Waals surface area contributed by atoms with Gasteiger partial charge in [0, 0.05) is 40.0 Å². The van der Waals surface area contributed by atoms with E-state index in [-0.39, 0.29) is 41.7 Å². The van der Waals surface area contributed by atoms with Gasteiger partial charge in [0.2, 0.25) is 11.8 Å². The molecule has 59 heavy (non-hydrogen) atoms. The Morgan fingerprint density at radius 1 is 0.949 bits per heavy atom. The van der Waals surface area contributed by atoms with Crippen LogP contribution in [0.1, 0.15) is 111 Å². The minimum atomic E-state index is -1.03. The molecule has 3 atom stereocenters. The molecule has 310 valence electrons. The minimum absolute atomic E-state index is 0.0549. The van der Waals surface area contributed by atoms with Crippen LogP contribution in [0.2, 0.25) is 0 Å². The summed E-state index contributed by atoms with van der Waals surface area (Å²) in [7, 11) is 0. The van der Waals surface area contributed by atoms with Gasteiger partial charge in [0.05, 0.1) is 23.8 Å². The van der Waals surface area contributed by atoms with E-state index >= 15 is 0 Å². The zero-order chi connectivity index (χ0) is 41.5. The van der Waals surface area contributed by atoms with Crippen molar-refractivity contribution >= 4 is 46.6 Å². The van der Waals surface area contributed by atoms with Crippen LogP contribution >= 0.6 is 11.3 Å². The molecular formula is C45H52N6O7S. The maximum atomic E-state index is 13.4. The van der Waals surface area contributed by atoms with Crippen molar-refractivity contribution < 1.29 is 33.8 Å². The van der Waals surface area contributed by atoms with Gasteiger partial charge >= 0.3 is 0 Å². The fourth-order valence-corrected chi connectivity index (χ4v) is 8.78. The summed E-state index contributed by atoms with van der Waals surface area (Å²) in [6.07, 6.45) is 4.34. The lowest BCUT2D eigenvalue weighted by Crippen LogP contribution is -2.54. The van der Waals surface area contributed by atoms with Crippen LogP contribution in [-0.2, 0) is 16.1 Å². The zero-order valence-corrected chi connectivity index (χ0v) is 34.3. The van der Waals surface area contributed by atoms with Gasteiger partial charge in [-0.05, 0) is 131 Å².